The molecule has 0 unspecified atom stereocenters. The van der Waals surface area contributed by atoms with E-state index in [2.05, 4.69) is 31.7 Å². The van der Waals surface area contributed by atoms with Gasteiger partial charge in [-0.1, -0.05) is 41.0 Å². The van der Waals surface area contributed by atoms with Crippen molar-refractivity contribution in [1.29, 1.82) is 0 Å². The van der Waals surface area contributed by atoms with E-state index in [0.717, 1.165) is 34.9 Å². The first-order valence-corrected chi connectivity index (χ1v) is 8.01. The minimum absolute atomic E-state index is 0.0357. The Bertz CT molecular complexity index is 669. The molecule has 2 aromatic rings. The number of hydrogen-bond donors (Lipinski definition) is 2. The summed E-state index contributed by atoms with van der Waals surface area (Å²) in [5.74, 6) is 5.45. The first kappa shape index (κ1) is 15.6. The van der Waals surface area contributed by atoms with Crippen LogP contribution in [0.1, 0.15) is 40.0 Å². The number of aliphatic hydroxyl groups excluding tert-OH is 1. The molecule has 8 heteroatoms. The maximum Gasteiger partial charge on any atom is 0.271 e. The van der Waals surface area contributed by atoms with Gasteiger partial charge < -0.3 is 5.11 Å². The third-order valence-corrected chi connectivity index (χ3v) is 4.02. The van der Waals surface area contributed by atoms with Crippen LogP contribution in [0.5, 0.6) is 0 Å². The van der Waals surface area contributed by atoms with Crippen molar-refractivity contribution in [2.45, 2.75) is 26.2 Å². The van der Waals surface area contributed by atoms with Crippen LogP contribution in [0.3, 0.4) is 0 Å². The van der Waals surface area contributed by atoms with E-state index in [1.807, 2.05) is 6.92 Å². The lowest BCUT2D eigenvalue weighted by Gasteiger charge is -1.99. The quantitative estimate of drug-likeness (QED) is 0.821. The molecule has 0 saturated carbocycles. The van der Waals surface area contributed by atoms with Gasteiger partial charge in [0.1, 0.15) is 4.88 Å². The van der Waals surface area contributed by atoms with Gasteiger partial charge in [0.25, 0.3) is 5.91 Å². The molecule has 2 N–H and O–H groups in total. The lowest BCUT2D eigenvalue weighted by Crippen LogP contribution is -2.12. The molecule has 0 atom stereocenters. The van der Waals surface area contributed by atoms with Crippen LogP contribution < -0.4 is 5.32 Å². The van der Waals surface area contributed by atoms with Crippen LogP contribution in [0, 0.1) is 11.8 Å². The monoisotopic (exact) mass is 322 g/mol. The second kappa shape index (κ2) is 7.83. The van der Waals surface area contributed by atoms with Gasteiger partial charge in [0, 0.05) is 6.42 Å². The first-order valence-electron chi connectivity index (χ1n) is 6.42. The van der Waals surface area contributed by atoms with Gasteiger partial charge in [0.05, 0.1) is 23.4 Å². The van der Waals surface area contributed by atoms with Gasteiger partial charge in [-0.25, -0.2) is 4.98 Å². The van der Waals surface area contributed by atoms with Gasteiger partial charge >= 0.3 is 0 Å². The fourth-order valence-corrected chi connectivity index (χ4v) is 2.82. The number of rotatable bonds is 5. The largest absolute Gasteiger partial charge is 0.395 e. The second-order valence-corrected chi connectivity index (χ2v) is 5.84. The molecule has 21 heavy (non-hydrogen) atoms. The average molecular weight is 322 g/mol. The summed E-state index contributed by atoms with van der Waals surface area (Å²) in [6.07, 6.45) is 3.66. The van der Waals surface area contributed by atoms with Crippen LogP contribution in [0.4, 0.5) is 5.13 Å². The molecule has 0 aliphatic heterocycles. The molecule has 0 bridgehead atoms. The van der Waals surface area contributed by atoms with Crippen molar-refractivity contribution in [3.8, 4) is 11.8 Å². The zero-order chi connectivity index (χ0) is 15.1. The molecule has 0 aromatic carbocycles. The topological polar surface area (TPSA) is 88.0 Å². The Kier molecular flexibility index (Phi) is 5.80. The molecule has 0 radical (unpaired) electrons. The molecular weight excluding hydrogens is 308 g/mol. The molecule has 0 spiro atoms. The summed E-state index contributed by atoms with van der Waals surface area (Å²) < 4.78 is 3.83. The lowest BCUT2D eigenvalue weighted by atomic mass is 10.2. The van der Waals surface area contributed by atoms with Crippen molar-refractivity contribution in [1.82, 2.24) is 14.6 Å². The molecule has 0 aliphatic rings. The molecule has 2 aromatic heterocycles. The van der Waals surface area contributed by atoms with Gasteiger partial charge in [-0.2, -0.15) is 0 Å². The van der Waals surface area contributed by atoms with Gasteiger partial charge in [-0.05, 0) is 18.0 Å². The summed E-state index contributed by atoms with van der Waals surface area (Å²) in [6.45, 7) is 2.06. The third kappa shape index (κ3) is 4.32. The second-order valence-electron chi connectivity index (χ2n) is 4.06. The molecule has 2 rings (SSSR count). The summed E-state index contributed by atoms with van der Waals surface area (Å²) in [5.41, 5.74) is 0.722. The highest BCUT2D eigenvalue weighted by Gasteiger charge is 2.16. The Hall–Kier alpha value is -1.82. The summed E-state index contributed by atoms with van der Waals surface area (Å²) in [6, 6.07) is 0. The van der Waals surface area contributed by atoms with E-state index in [-0.39, 0.29) is 12.5 Å². The van der Waals surface area contributed by atoms with E-state index in [9.17, 15) is 4.79 Å². The fourth-order valence-electron chi connectivity index (χ4n) is 1.53. The predicted molar refractivity (Wildman–Crippen MR) is 82.6 cm³/mol. The van der Waals surface area contributed by atoms with E-state index >= 15 is 0 Å². The minimum atomic E-state index is -0.238. The average Bonchev–Trinajstić information content (AvgIpc) is 3.09. The number of carbonyl (C=O) groups excluding carboxylic acids is 1. The fraction of sp³-hybridized carbons (Fsp3) is 0.385. The summed E-state index contributed by atoms with van der Waals surface area (Å²) in [5, 5.41) is 15.9. The number of carbonyl (C=O) groups is 1. The van der Waals surface area contributed by atoms with E-state index in [1.54, 1.807) is 6.20 Å². The number of amides is 1. The molecule has 6 nitrogen and oxygen atoms in total. The zero-order valence-corrected chi connectivity index (χ0v) is 13.1. The molecule has 0 saturated heterocycles. The van der Waals surface area contributed by atoms with E-state index < -0.39 is 0 Å². The highest BCUT2D eigenvalue weighted by atomic mass is 32.1. The van der Waals surface area contributed by atoms with Crippen LogP contribution >= 0.6 is 22.9 Å². The number of nitrogens with zero attached hydrogens (tertiary/aromatic N) is 3. The number of hydrogen-bond acceptors (Lipinski definition) is 7. The van der Waals surface area contributed by atoms with Crippen molar-refractivity contribution in [2.75, 3.05) is 11.9 Å². The number of aryl methyl sites for hydroxylation is 1. The Morgan fingerprint density at radius 1 is 1.52 bits per heavy atom. The van der Waals surface area contributed by atoms with Crippen molar-refractivity contribution in [3.63, 3.8) is 0 Å². The maximum atomic E-state index is 12.2. The smallest absolute Gasteiger partial charge is 0.271 e. The summed E-state index contributed by atoms with van der Waals surface area (Å²) in [7, 11) is 0. The maximum absolute atomic E-state index is 12.2. The first-order chi connectivity index (χ1) is 10.2. The van der Waals surface area contributed by atoms with Gasteiger partial charge in [-0.3, -0.25) is 10.1 Å². The van der Waals surface area contributed by atoms with Gasteiger partial charge in [-0.15, -0.1) is 5.10 Å². The summed E-state index contributed by atoms with van der Waals surface area (Å²) in [4.78, 5) is 17.5. The van der Waals surface area contributed by atoms with Crippen molar-refractivity contribution in [3.05, 3.63) is 21.6 Å². The number of aromatic nitrogens is 3. The van der Waals surface area contributed by atoms with E-state index in [0.29, 0.717) is 16.4 Å². The van der Waals surface area contributed by atoms with Crippen molar-refractivity contribution >= 4 is 33.9 Å². The van der Waals surface area contributed by atoms with Crippen LogP contribution in [-0.2, 0) is 6.42 Å². The highest BCUT2D eigenvalue weighted by molar-refractivity contribution is 7.16. The van der Waals surface area contributed by atoms with Crippen LogP contribution in [0.2, 0.25) is 0 Å². The van der Waals surface area contributed by atoms with Crippen LogP contribution in [0.15, 0.2) is 6.20 Å². The minimum Gasteiger partial charge on any atom is -0.395 e. The summed E-state index contributed by atoms with van der Waals surface area (Å²) >= 11 is 2.38. The van der Waals surface area contributed by atoms with Crippen molar-refractivity contribution < 1.29 is 9.90 Å². The molecule has 2 heterocycles. The number of anilines is 1. The normalized spacial score (nSPS) is 10.0. The SMILES string of the molecule is CCCc1nnsc1C(=O)Nc1ncc(C#CCCO)s1. The molecule has 1 amide bonds. The van der Waals surface area contributed by atoms with Gasteiger partial charge in [0.2, 0.25) is 0 Å². The molecule has 0 fully saturated rings. The predicted octanol–water partition coefficient (Wildman–Crippen LogP) is 1.93. The Morgan fingerprint density at radius 2 is 2.38 bits per heavy atom. The van der Waals surface area contributed by atoms with Crippen LogP contribution in [0.25, 0.3) is 0 Å². The van der Waals surface area contributed by atoms with Crippen LogP contribution in [-0.4, -0.2) is 32.2 Å². The van der Waals surface area contributed by atoms with E-state index in [1.165, 1.54) is 11.3 Å². The van der Waals surface area contributed by atoms with E-state index in [4.69, 9.17) is 5.11 Å². The number of nitrogens with one attached hydrogen (secondary N) is 1. The zero-order valence-electron chi connectivity index (χ0n) is 11.4. The Morgan fingerprint density at radius 3 is 3.14 bits per heavy atom. The highest BCUT2D eigenvalue weighted by Crippen LogP contribution is 2.20. The Balaban J connectivity index is 2.03. The standard InChI is InChI=1S/C13H14N4O2S2/c1-2-5-10-11(21-17-16-10)12(19)15-13-14-8-9(20-13)6-3-4-7-18/h8,18H,2,4-5,7H2,1H3,(H,14,15,19). The molecular formula is C13H14N4O2S2. The molecule has 0 aliphatic carbocycles. The number of aliphatic hydroxyl groups is 1. The Labute approximate surface area is 130 Å². The molecule has 110 valence electrons. The third-order valence-electron chi connectivity index (χ3n) is 2.42. The van der Waals surface area contributed by atoms with Crippen molar-refractivity contribution in [2.24, 2.45) is 0 Å². The number of thiazole rings is 1. The lowest BCUT2D eigenvalue weighted by molar-refractivity contribution is 0.102. The van der Waals surface area contributed by atoms with Gasteiger partial charge in [0.15, 0.2) is 5.13 Å².